The molecular formula is C20H24N2O3. The first-order chi connectivity index (χ1) is 12.1. The maximum absolute atomic E-state index is 12.0. The second kappa shape index (κ2) is 9.47. The number of nitrogens with one attached hydrogen (secondary N) is 1. The van der Waals surface area contributed by atoms with Crippen LogP contribution in [0, 0.1) is 0 Å². The molecule has 0 saturated heterocycles. The molecule has 0 fully saturated rings. The predicted molar refractivity (Wildman–Crippen MR) is 97.2 cm³/mol. The molecule has 0 aliphatic rings. The van der Waals surface area contributed by atoms with Gasteiger partial charge < -0.3 is 15.0 Å². The van der Waals surface area contributed by atoms with Gasteiger partial charge in [0, 0.05) is 32.1 Å². The minimum atomic E-state index is -0.0491. The number of methoxy groups -OCH3 is 1. The first-order valence-electron chi connectivity index (χ1n) is 8.28. The Morgan fingerprint density at radius 1 is 1.04 bits per heavy atom. The number of rotatable bonds is 8. The van der Waals surface area contributed by atoms with Crippen LogP contribution in [-0.4, -0.2) is 36.9 Å². The normalized spacial score (nSPS) is 10.2. The molecule has 0 saturated carbocycles. The lowest BCUT2D eigenvalue weighted by Crippen LogP contribution is -2.37. The van der Waals surface area contributed by atoms with E-state index in [4.69, 9.17) is 4.74 Å². The molecule has 2 aromatic carbocycles. The maximum Gasteiger partial charge on any atom is 0.224 e. The molecule has 5 nitrogen and oxygen atoms in total. The number of amides is 2. The first kappa shape index (κ1) is 18.5. The maximum atomic E-state index is 12.0. The van der Waals surface area contributed by atoms with Crippen LogP contribution in [0.5, 0.6) is 5.75 Å². The molecule has 0 heterocycles. The zero-order valence-corrected chi connectivity index (χ0v) is 14.7. The molecule has 0 unspecified atom stereocenters. The van der Waals surface area contributed by atoms with Crippen molar-refractivity contribution >= 4 is 11.8 Å². The topological polar surface area (TPSA) is 58.6 Å². The van der Waals surface area contributed by atoms with Gasteiger partial charge >= 0.3 is 0 Å². The van der Waals surface area contributed by atoms with Crippen molar-refractivity contribution in [1.29, 1.82) is 0 Å². The summed E-state index contributed by atoms with van der Waals surface area (Å²) in [6.07, 6.45) is 0.341. The third-order valence-electron chi connectivity index (χ3n) is 3.91. The van der Waals surface area contributed by atoms with Gasteiger partial charge in [-0.05, 0) is 11.6 Å². The van der Waals surface area contributed by atoms with Crippen LogP contribution in [0.4, 0.5) is 0 Å². The van der Waals surface area contributed by atoms with E-state index in [1.807, 2.05) is 54.6 Å². The van der Waals surface area contributed by atoms with Crippen LogP contribution in [0.25, 0.3) is 0 Å². The van der Waals surface area contributed by atoms with Gasteiger partial charge in [0.05, 0.1) is 13.5 Å². The van der Waals surface area contributed by atoms with Crippen LogP contribution in [-0.2, 0) is 22.6 Å². The average Bonchev–Trinajstić information content (AvgIpc) is 2.62. The summed E-state index contributed by atoms with van der Waals surface area (Å²) >= 11 is 0. The monoisotopic (exact) mass is 340 g/mol. The number of para-hydroxylation sites is 1. The minimum absolute atomic E-state index is 0.0387. The molecule has 0 aliphatic carbocycles. The average molecular weight is 340 g/mol. The number of carbonyl (C=O) groups excluding carboxylic acids is 2. The van der Waals surface area contributed by atoms with Gasteiger partial charge in [0.15, 0.2) is 0 Å². The van der Waals surface area contributed by atoms with Gasteiger partial charge in [-0.1, -0.05) is 48.5 Å². The van der Waals surface area contributed by atoms with Crippen molar-refractivity contribution in [2.24, 2.45) is 0 Å². The van der Waals surface area contributed by atoms with Gasteiger partial charge in [0.1, 0.15) is 5.75 Å². The Kier molecular flexibility index (Phi) is 7.01. The van der Waals surface area contributed by atoms with Crippen LogP contribution >= 0.6 is 0 Å². The van der Waals surface area contributed by atoms with Crippen molar-refractivity contribution < 1.29 is 14.3 Å². The van der Waals surface area contributed by atoms with Gasteiger partial charge in [-0.2, -0.15) is 0 Å². The van der Waals surface area contributed by atoms with Crippen LogP contribution in [0.15, 0.2) is 54.6 Å². The quantitative estimate of drug-likeness (QED) is 0.803. The molecule has 2 rings (SSSR count). The third kappa shape index (κ3) is 5.95. The molecule has 25 heavy (non-hydrogen) atoms. The van der Waals surface area contributed by atoms with Crippen LogP contribution < -0.4 is 10.1 Å². The minimum Gasteiger partial charge on any atom is -0.496 e. The van der Waals surface area contributed by atoms with Crippen molar-refractivity contribution in [3.63, 3.8) is 0 Å². The lowest BCUT2D eigenvalue weighted by atomic mass is 10.1. The highest BCUT2D eigenvalue weighted by Crippen LogP contribution is 2.19. The summed E-state index contributed by atoms with van der Waals surface area (Å²) in [7, 11) is 1.61. The van der Waals surface area contributed by atoms with Crippen LogP contribution in [0.3, 0.4) is 0 Å². The Balaban J connectivity index is 1.85. The lowest BCUT2D eigenvalue weighted by molar-refractivity contribution is -0.130. The standard InChI is InChI=1S/C20H24N2O3/c1-16(23)22(15-18-10-6-7-11-19(18)25-2)13-12-21-20(24)14-17-8-4-3-5-9-17/h3-11H,12-15H2,1-2H3,(H,21,24). The lowest BCUT2D eigenvalue weighted by Gasteiger charge is -2.22. The van der Waals surface area contributed by atoms with E-state index in [1.165, 1.54) is 6.92 Å². The Labute approximate surface area is 148 Å². The number of hydrogen-bond acceptors (Lipinski definition) is 3. The molecule has 0 atom stereocenters. The smallest absolute Gasteiger partial charge is 0.224 e. The summed E-state index contributed by atoms with van der Waals surface area (Å²) in [6, 6.07) is 17.2. The van der Waals surface area contributed by atoms with Crippen LogP contribution in [0.1, 0.15) is 18.1 Å². The van der Waals surface area contributed by atoms with E-state index < -0.39 is 0 Å². The molecule has 0 aromatic heterocycles. The van der Waals surface area contributed by atoms with E-state index in [1.54, 1.807) is 12.0 Å². The third-order valence-corrected chi connectivity index (χ3v) is 3.91. The van der Waals surface area contributed by atoms with Crippen LogP contribution in [0.2, 0.25) is 0 Å². The molecule has 1 N–H and O–H groups in total. The SMILES string of the molecule is COc1ccccc1CN(CCNC(=O)Cc1ccccc1)C(C)=O. The zero-order valence-electron chi connectivity index (χ0n) is 14.7. The molecule has 2 amide bonds. The van der Waals surface area contributed by atoms with E-state index in [0.717, 1.165) is 16.9 Å². The summed E-state index contributed by atoms with van der Waals surface area (Å²) in [4.78, 5) is 25.6. The molecule has 0 aliphatic heterocycles. The van der Waals surface area contributed by atoms with E-state index in [-0.39, 0.29) is 11.8 Å². The predicted octanol–water partition coefficient (Wildman–Crippen LogP) is 2.40. The highest BCUT2D eigenvalue weighted by Gasteiger charge is 2.12. The second-order valence-electron chi connectivity index (χ2n) is 5.76. The Morgan fingerprint density at radius 2 is 1.72 bits per heavy atom. The van der Waals surface area contributed by atoms with Gasteiger partial charge in [-0.15, -0.1) is 0 Å². The van der Waals surface area contributed by atoms with Crippen molar-refractivity contribution in [1.82, 2.24) is 10.2 Å². The molecule has 5 heteroatoms. The molecule has 0 radical (unpaired) electrons. The van der Waals surface area contributed by atoms with E-state index in [2.05, 4.69) is 5.32 Å². The van der Waals surface area contributed by atoms with Crippen molar-refractivity contribution in [3.8, 4) is 5.75 Å². The zero-order chi connectivity index (χ0) is 18.1. The van der Waals surface area contributed by atoms with Gasteiger partial charge in [-0.25, -0.2) is 0 Å². The summed E-state index contributed by atoms with van der Waals surface area (Å²) < 4.78 is 5.33. The largest absolute Gasteiger partial charge is 0.496 e. The first-order valence-corrected chi connectivity index (χ1v) is 8.28. The van der Waals surface area contributed by atoms with Crippen molar-refractivity contribution in [2.45, 2.75) is 19.9 Å². The number of hydrogen-bond donors (Lipinski definition) is 1. The molecular weight excluding hydrogens is 316 g/mol. The van der Waals surface area contributed by atoms with Gasteiger partial charge in [-0.3, -0.25) is 9.59 Å². The fraction of sp³-hybridized carbons (Fsp3) is 0.300. The fourth-order valence-corrected chi connectivity index (χ4v) is 2.56. The summed E-state index contributed by atoms with van der Waals surface area (Å²) in [5, 5.41) is 2.87. The number of ether oxygens (including phenoxy) is 1. The number of nitrogens with zero attached hydrogens (tertiary/aromatic N) is 1. The number of benzene rings is 2. The highest BCUT2D eigenvalue weighted by molar-refractivity contribution is 5.78. The highest BCUT2D eigenvalue weighted by atomic mass is 16.5. The molecule has 0 spiro atoms. The molecule has 0 bridgehead atoms. The van der Waals surface area contributed by atoms with Crippen molar-refractivity contribution in [3.05, 3.63) is 65.7 Å². The Hall–Kier alpha value is -2.82. The van der Waals surface area contributed by atoms with E-state index >= 15 is 0 Å². The Bertz CT molecular complexity index is 701. The van der Waals surface area contributed by atoms with Crippen molar-refractivity contribution in [2.75, 3.05) is 20.2 Å². The summed E-state index contributed by atoms with van der Waals surface area (Å²) in [5.74, 6) is 0.664. The van der Waals surface area contributed by atoms with E-state index in [9.17, 15) is 9.59 Å². The number of carbonyl (C=O) groups is 2. The molecule has 132 valence electrons. The fourth-order valence-electron chi connectivity index (χ4n) is 2.56. The summed E-state index contributed by atoms with van der Waals surface area (Å²) in [5.41, 5.74) is 1.91. The second-order valence-corrected chi connectivity index (χ2v) is 5.76. The summed E-state index contributed by atoms with van der Waals surface area (Å²) in [6.45, 7) is 2.85. The van der Waals surface area contributed by atoms with E-state index in [0.29, 0.717) is 26.1 Å². The van der Waals surface area contributed by atoms with Gasteiger partial charge in [0.25, 0.3) is 0 Å². The van der Waals surface area contributed by atoms with Gasteiger partial charge in [0.2, 0.25) is 11.8 Å². The molecule has 2 aromatic rings. The Morgan fingerprint density at radius 3 is 2.40 bits per heavy atom.